The molecule has 0 aromatic heterocycles. The molecule has 0 saturated heterocycles. The van der Waals surface area contributed by atoms with E-state index in [1.165, 1.54) is 25.3 Å². The molecule has 0 saturated carbocycles. The molecule has 0 aliphatic carbocycles. The van der Waals surface area contributed by atoms with Crippen LogP contribution in [0.4, 0.5) is 10.1 Å². The van der Waals surface area contributed by atoms with Crippen LogP contribution in [0.2, 0.25) is 0 Å². The summed E-state index contributed by atoms with van der Waals surface area (Å²) in [5.74, 6) is -1.15. The largest absolute Gasteiger partial charge is 0.505 e. The lowest BCUT2D eigenvalue weighted by Crippen LogP contribution is -2.12. The number of anilines is 1. The van der Waals surface area contributed by atoms with Crippen molar-refractivity contribution < 1.29 is 19.0 Å². The molecule has 0 bridgehead atoms. The van der Waals surface area contributed by atoms with Gasteiger partial charge in [-0.3, -0.25) is 4.79 Å². The summed E-state index contributed by atoms with van der Waals surface area (Å²) >= 11 is 0. The van der Waals surface area contributed by atoms with Gasteiger partial charge in [0, 0.05) is 17.7 Å². The van der Waals surface area contributed by atoms with Crippen molar-refractivity contribution >= 4 is 11.6 Å². The lowest BCUT2D eigenvalue weighted by atomic mass is 10.1. The van der Waals surface area contributed by atoms with Crippen molar-refractivity contribution in [3.8, 4) is 11.5 Å². The van der Waals surface area contributed by atoms with E-state index in [1.54, 1.807) is 18.2 Å². The van der Waals surface area contributed by atoms with Crippen LogP contribution in [0.3, 0.4) is 0 Å². The second kappa shape index (κ2) is 6.13. The maximum absolute atomic E-state index is 13.3. The third kappa shape index (κ3) is 3.22. The molecule has 0 radical (unpaired) electrons. The first kappa shape index (κ1) is 14.6. The fourth-order valence-corrected chi connectivity index (χ4v) is 1.89. The van der Waals surface area contributed by atoms with Crippen LogP contribution in [-0.4, -0.2) is 18.1 Å². The molecule has 2 aromatic carbocycles. The quantitative estimate of drug-likeness (QED) is 0.788. The van der Waals surface area contributed by atoms with E-state index in [2.05, 4.69) is 5.32 Å². The van der Waals surface area contributed by atoms with E-state index in [0.29, 0.717) is 22.6 Å². The number of para-hydroxylation sites is 1. The highest BCUT2D eigenvalue weighted by molar-refractivity contribution is 5.94. The topological polar surface area (TPSA) is 84.6 Å². The van der Waals surface area contributed by atoms with Gasteiger partial charge in [-0.25, -0.2) is 4.39 Å². The summed E-state index contributed by atoms with van der Waals surface area (Å²) in [7, 11) is 1.49. The number of aromatic hydroxyl groups is 1. The Bertz CT molecular complexity index is 674. The molecule has 0 spiro atoms. The summed E-state index contributed by atoms with van der Waals surface area (Å²) in [6.45, 7) is 0.169. The predicted molar refractivity (Wildman–Crippen MR) is 76.9 cm³/mol. The van der Waals surface area contributed by atoms with Gasteiger partial charge in [-0.15, -0.1) is 0 Å². The minimum absolute atomic E-state index is 0.169. The Morgan fingerprint density at radius 1 is 1.38 bits per heavy atom. The van der Waals surface area contributed by atoms with Gasteiger partial charge in [0.05, 0.1) is 12.8 Å². The van der Waals surface area contributed by atoms with E-state index < -0.39 is 17.5 Å². The first-order chi connectivity index (χ1) is 10.0. The molecule has 0 aliphatic rings. The second-order valence-electron chi connectivity index (χ2n) is 4.38. The van der Waals surface area contributed by atoms with Crippen LogP contribution >= 0.6 is 0 Å². The Labute approximate surface area is 121 Å². The fourth-order valence-electron chi connectivity index (χ4n) is 1.89. The number of halogens is 1. The van der Waals surface area contributed by atoms with Crippen LogP contribution in [-0.2, 0) is 6.54 Å². The van der Waals surface area contributed by atoms with Gasteiger partial charge in [0.1, 0.15) is 5.75 Å². The van der Waals surface area contributed by atoms with Gasteiger partial charge in [0.2, 0.25) is 5.91 Å². The zero-order valence-electron chi connectivity index (χ0n) is 11.4. The number of amides is 1. The monoisotopic (exact) mass is 290 g/mol. The third-order valence-electron chi connectivity index (χ3n) is 3.02. The maximum Gasteiger partial charge on any atom is 0.248 e. The number of hydrogen-bond acceptors (Lipinski definition) is 4. The molecule has 5 nitrogen and oxygen atoms in total. The van der Waals surface area contributed by atoms with E-state index >= 15 is 0 Å². The number of hydrogen-bond donors (Lipinski definition) is 3. The van der Waals surface area contributed by atoms with Gasteiger partial charge in [-0.1, -0.05) is 12.1 Å². The smallest absolute Gasteiger partial charge is 0.248 e. The second-order valence-corrected chi connectivity index (χ2v) is 4.38. The molecule has 1 amide bonds. The van der Waals surface area contributed by atoms with Gasteiger partial charge in [-0.05, 0) is 24.3 Å². The lowest BCUT2D eigenvalue weighted by Gasteiger charge is -2.13. The molecule has 0 atom stereocenters. The SMILES string of the molecule is COc1ccc(C(N)=O)cc1NCc1cccc(F)c1O. The molecule has 0 unspecified atom stereocenters. The molecule has 0 fully saturated rings. The summed E-state index contributed by atoms with van der Waals surface area (Å²) in [4.78, 5) is 11.2. The standard InChI is InChI=1S/C15H15FN2O3/c1-21-13-6-5-9(15(17)20)7-12(13)18-8-10-3-2-4-11(16)14(10)19/h2-7,18-19H,8H2,1H3,(H2,17,20). The Morgan fingerprint density at radius 2 is 2.14 bits per heavy atom. The van der Waals surface area contributed by atoms with E-state index in [-0.39, 0.29) is 6.54 Å². The zero-order valence-corrected chi connectivity index (χ0v) is 11.4. The molecule has 2 rings (SSSR count). The number of primary amides is 1. The summed E-state index contributed by atoms with van der Waals surface area (Å²) in [5.41, 5.74) is 6.47. The van der Waals surface area contributed by atoms with Crippen LogP contribution in [0.25, 0.3) is 0 Å². The Kier molecular flexibility index (Phi) is 4.27. The first-order valence-electron chi connectivity index (χ1n) is 6.21. The van der Waals surface area contributed by atoms with Crippen LogP contribution in [0, 0.1) is 5.82 Å². The van der Waals surface area contributed by atoms with Crippen LogP contribution in [0.1, 0.15) is 15.9 Å². The van der Waals surface area contributed by atoms with Crippen molar-refractivity contribution in [1.29, 1.82) is 0 Å². The van der Waals surface area contributed by atoms with Crippen molar-refractivity contribution in [3.63, 3.8) is 0 Å². The van der Waals surface area contributed by atoms with E-state index in [4.69, 9.17) is 10.5 Å². The summed E-state index contributed by atoms with van der Waals surface area (Å²) in [5, 5.41) is 12.6. The zero-order chi connectivity index (χ0) is 15.4. The molecule has 4 N–H and O–H groups in total. The number of nitrogens with one attached hydrogen (secondary N) is 1. The molecule has 0 aliphatic heterocycles. The number of carbonyl (C=O) groups excluding carboxylic acids is 1. The summed E-state index contributed by atoms with van der Waals surface area (Å²) in [6, 6.07) is 8.96. The van der Waals surface area contributed by atoms with Gasteiger partial charge in [0.15, 0.2) is 11.6 Å². The Balaban J connectivity index is 2.24. The number of carbonyl (C=O) groups is 1. The predicted octanol–water partition coefficient (Wildman–Crippen LogP) is 2.25. The number of nitrogens with two attached hydrogens (primary N) is 1. The van der Waals surface area contributed by atoms with Crippen LogP contribution in [0.15, 0.2) is 36.4 Å². The lowest BCUT2D eigenvalue weighted by molar-refractivity contribution is 0.100. The average Bonchev–Trinajstić information content (AvgIpc) is 2.48. The third-order valence-corrected chi connectivity index (χ3v) is 3.02. The number of phenols is 1. The molecule has 0 heterocycles. The van der Waals surface area contributed by atoms with E-state index in [1.807, 2.05) is 0 Å². The number of methoxy groups -OCH3 is 1. The number of benzene rings is 2. The van der Waals surface area contributed by atoms with Gasteiger partial charge in [-0.2, -0.15) is 0 Å². The number of ether oxygens (including phenoxy) is 1. The highest BCUT2D eigenvalue weighted by atomic mass is 19.1. The van der Waals surface area contributed by atoms with Crippen LogP contribution in [0.5, 0.6) is 11.5 Å². The summed E-state index contributed by atoms with van der Waals surface area (Å²) < 4.78 is 18.4. The highest BCUT2D eigenvalue weighted by Gasteiger charge is 2.10. The highest BCUT2D eigenvalue weighted by Crippen LogP contribution is 2.27. The van der Waals surface area contributed by atoms with Crippen LogP contribution < -0.4 is 15.8 Å². The molecular weight excluding hydrogens is 275 g/mol. The van der Waals surface area contributed by atoms with Crippen molar-refractivity contribution in [3.05, 3.63) is 53.3 Å². The van der Waals surface area contributed by atoms with Gasteiger partial charge in [0.25, 0.3) is 0 Å². The molecular formula is C15H15FN2O3. The van der Waals surface area contributed by atoms with Crippen molar-refractivity contribution in [2.45, 2.75) is 6.54 Å². The number of phenolic OH excluding ortho intramolecular Hbond substituents is 1. The van der Waals surface area contributed by atoms with E-state index in [9.17, 15) is 14.3 Å². The van der Waals surface area contributed by atoms with Crippen molar-refractivity contribution in [2.75, 3.05) is 12.4 Å². The average molecular weight is 290 g/mol. The van der Waals surface area contributed by atoms with Gasteiger partial charge < -0.3 is 20.9 Å². The fraction of sp³-hybridized carbons (Fsp3) is 0.133. The first-order valence-corrected chi connectivity index (χ1v) is 6.21. The van der Waals surface area contributed by atoms with Crippen molar-refractivity contribution in [1.82, 2.24) is 0 Å². The Morgan fingerprint density at radius 3 is 2.81 bits per heavy atom. The van der Waals surface area contributed by atoms with Crippen molar-refractivity contribution in [2.24, 2.45) is 5.73 Å². The number of rotatable bonds is 5. The molecule has 2 aromatic rings. The van der Waals surface area contributed by atoms with E-state index in [0.717, 1.165) is 0 Å². The summed E-state index contributed by atoms with van der Waals surface area (Å²) in [6.07, 6.45) is 0. The maximum atomic E-state index is 13.3. The minimum Gasteiger partial charge on any atom is -0.505 e. The molecule has 110 valence electrons. The molecule has 21 heavy (non-hydrogen) atoms. The van der Waals surface area contributed by atoms with Gasteiger partial charge >= 0.3 is 0 Å². The molecule has 6 heteroatoms. The Hall–Kier alpha value is -2.76. The minimum atomic E-state index is -0.688. The normalized spacial score (nSPS) is 10.2.